The lowest BCUT2D eigenvalue weighted by atomic mass is 10.0. The molecule has 1 aliphatic heterocycles. The quantitative estimate of drug-likeness (QED) is 0.813. The number of hydrogen-bond donors (Lipinski definition) is 1. The highest BCUT2D eigenvalue weighted by Crippen LogP contribution is 2.12. The van der Waals surface area contributed by atoms with E-state index < -0.39 is 0 Å². The van der Waals surface area contributed by atoms with Gasteiger partial charge in [-0.05, 0) is 30.7 Å². The molecular formula is C13H16FNO2. The summed E-state index contributed by atoms with van der Waals surface area (Å²) in [6.45, 7) is 3.77. The van der Waals surface area contributed by atoms with E-state index in [-0.39, 0.29) is 17.6 Å². The highest BCUT2D eigenvalue weighted by atomic mass is 19.1. The summed E-state index contributed by atoms with van der Waals surface area (Å²) in [5.74, 6) is -0.406. The monoisotopic (exact) mass is 237 g/mol. The lowest BCUT2D eigenvalue weighted by molar-refractivity contribution is 0.0676. The van der Waals surface area contributed by atoms with Crippen molar-refractivity contribution in [3.8, 4) is 0 Å². The minimum Gasteiger partial charge on any atom is -0.378 e. The number of nitrogens with one attached hydrogen (secondary N) is 1. The molecule has 3 nitrogen and oxygen atoms in total. The van der Waals surface area contributed by atoms with Crippen molar-refractivity contribution in [3.63, 3.8) is 0 Å². The van der Waals surface area contributed by atoms with Gasteiger partial charge in [-0.2, -0.15) is 0 Å². The highest BCUT2D eigenvalue weighted by molar-refractivity contribution is 5.96. The van der Waals surface area contributed by atoms with E-state index in [0.717, 1.165) is 12.1 Å². The Hall–Kier alpha value is -1.26. The molecule has 0 saturated carbocycles. The zero-order chi connectivity index (χ0) is 12.3. The minimum atomic E-state index is -0.360. The van der Waals surface area contributed by atoms with Gasteiger partial charge in [0.2, 0.25) is 0 Å². The number of carbonyl (C=O) groups excluding carboxylic acids is 1. The molecule has 0 radical (unpaired) electrons. The predicted molar refractivity (Wildman–Crippen MR) is 62.7 cm³/mol. The molecule has 4 heteroatoms. The first kappa shape index (κ1) is 12.2. The maximum absolute atomic E-state index is 13.2. The molecule has 1 aromatic rings. The van der Waals surface area contributed by atoms with Crippen LogP contribution in [0.15, 0.2) is 18.2 Å². The maximum Gasteiger partial charge on any atom is 0.164 e. The molecule has 0 amide bonds. The molecule has 0 bridgehead atoms. The molecule has 1 heterocycles. The van der Waals surface area contributed by atoms with Gasteiger partial charge in [0.15, 0.2) is 5.78 Å². The Labute approximate surface area is 100.0 Å². The number of hydrogen-bond acceptors (Lipinski definition) is 3. The van der Waals surface area contributed by atoms with Crippen LogP contribution in [0.4, 0.5) is 4.39 Å². The smallest absolute Gasteiger partial charge is 0.164 e. The van der Waals surface area contributed by atoms with Crippen molar-refractivity contribution in [2.24, 2.45) is 0 Å². The van der Waals surface area contributed by atoms with Crippen LogP contribution in [0.5, 0.6) is 0 Å². The van der Waals surface area contributed by atoms with E-state index in [4.69, 9.17) is 4.74 Å². The van der Waals surface area contributed by atoms with E-state index in [1.165, 1.54) is 12.1 Å². The second kappa shape index (κ2) is 5.38. The van der Waals surface area contributed by atoms with Gasteiger partial charge in [-0.15, -0.1) is 0 Å². The van der Waals surface area contributed by atoms with Crippen LogP contribution in [0.1, 0.15) is 22.3 Å². The number of rotatable bonds is 3. The molecule has 1 unspecified atom stereocenters. The summed E-state index contributed by atoms with van der Waals surface area (Å²) in [6.07, 6.45) is 0.350. The van der Waals surface area contributed by atoms with E-state index >= 15 is 0 Å². The first-order valence-electron chi connectivity index (χ1n) is 5.76. The Balaban J connectivity index is 2.03. The van der Waals surface area contributed by atoms with E-state index in [2.05, 4.69) is 5.32 Å². The zero-order valence-electron chi connectivity index (χ0n) is 9.83. The Kier molecular flexibility index (Phi) is 3.86. The average Bonchev–Trinajstić information content (AvgIpc) is 2.29. The summed E-state index contributed by atoms with van der Waals surface area (Å²) in [5.41, 5.74) is 1.20. The molecule has 1 N–H and O–H groups in total. The second-order valence-electron chi connectivity index (χ2n) is 4.37. The van der Waals surface area contributed by atoms with Crippen LogP contribution >= 0.6 is 0 Å². The summed E-state index contributed by atoms with van der Waals surface area (Å²) in [4.78, 5) is 12.0. The van der Waals surface area contributed by atoms with Gasteiger partial charge in [0, 0.05) is 24.6 Å². The van der Waals surface area contributed by atoms with Crippen LogP contribution in [-0.2, 0) is 4.74 Å². The summed E-state index contributed by atoms with van der Waals surface area (Å²) in [7, 11) is 0. The van der Waals surface area contributed by atoms with Crippen LogP contribution in [-0.4, -0.2) is 31.6 Å². The Morgan fingerprint density at radius 3 is 3.00 bits per heavy atom. The number of halogens is 1. The van der Waals surface area contributed by atoms with E-state index in [0.29, 0.717) is 25.2 Å². The lowest BCUT2D eigenvalue weighted by Crippen LogP contribution is -2.42. The standard InChI is InChI=1S/C13H16FNO2/c1-9-4-10(6-11(14)5-9)13(16)7-12-8-17-3-2-15-12/h4-6,12,15H,2-3,7-8H2,1H3. The summed E-state index contributed by atoms with van der Waals surface area (Å²) >= 11 is 0. The van der Waals surface area contributed by atoms with Crippen molar-refractivity contribution in [3.05, 3.63) is 35.1 Å². The van der Waals surface area contributed by atoms with Crippen molar-refractivity contribution in [1.29, 1.82) is 0 Å². The van der Waals surface area contributed by atoms with Gasteiger partial charge in [0.1, 0.15) is 5.82 Å². The molecule has 2 rings (SSSR count). The molecule has 1 aliphatic rings. The van der Waals surface area contributed by atoms with Gasteiger partial charge >= 0.3 is 0 Å². The van der Waals surface area contributed by atoms with Crippen molar-refractivity contribution in [2.45, 2.75) is 19.4 Å². The fourth-order valence-electron chi connectivity index (χ4n) is 1.99. The number of ether oxygens (including phenoxy) is 1. The molecule has 0 aromatic heterocycles. The number of ketones is 1. The van der Waals surface area contributed by atoms with Crippen molar-refractivity contribution in [1.82, 2.24) is 5.32 Å². The van der Waals surface area contributed by atoms with Crippen molar-refractivity contribution < 1.29 is 13.9 Å². The predicted octanol–water partition coefficient (Wildman–Crippen LogP) is 1.70. The van der Waals surface area contributed by atoms with Gasteiger partial charge in [0.25, 0.3) is 0 Å². The van der Waals surface area contributed by atoms with Gasteiger partial charge in [-0.3, -0.25) is 4.79 Å². The largest absolute Gasteiger partial charge is 0.378 e. The maximum atomic E-state index is 13.2. The Bertz CT molecular complexity index is 394. The van der Waals surface area contributed by atoms with Crippen molar-refractivity contribution >= 4 is 5.78 Å². The SMILES string of the molecule is Cc1cc(F)cc(C(=O)CC2COCCN2)c1. The Morgan fingerprint density at radius 1 is 1.53 bits per heavy atom. The van der Waals surface area contributed by atoms with Gasteiger partial charge in [0.05, 0.1) is 13.2 Å². The third-order valence-corrected chi connectivity index (χ3v) is 2.79. The van der Waals surface area contributed by atoms with Crippen LogP contribution < -0.4 is 5.32 Å². The van der Waals surface area contributed by atoms with Crippen LogP contribution in [0.3, 0.4) is 0 Å². The molecule has 0 aliphatic carbocycles. The second-order valence-corrected chi connectivity index (χ2v) is 4.37. The van der Waals surface area contributed by atoms with Gasteiger partial charge < -0.3 is 10.1 Å². The fourth-order valence-corrected chi connectivity index (χ4v) is 1.99. The molecule has 92 valence electrons. The highest BCUT2D eigenvalue weighted by Gasteiger charge is 2.18. The first-order valence-corrected chi connectivity index (χ1v) is 5.76. The van der Waals surface area contributed by atoms with E-state index in [1.54, 1.807) is 13.0 Å². The third kappa shape index (κ3) is 3.35. The minimum absolute atomic E-state index is 0.0415. The number of benzene rings is 1. The molecule has 1 atom stereocenters. The average molecular weight is 237 g/mol. The first-order chi connectivity index (χ1) is 8.15. The number of Topliss-reactive ketones (excluding diaryl/α,β-unsaturated/α-hetero) is 1. The third-order valence-electron chi connectivity index (χ3n) is 2.79. The number of aryl methyl sites for hydroxylation is 1. The van der Waals surface area contributed by atoms with Crippen LogP contribution in [0.25, 0.3) is 0 Å². The molecule has 17 heavy (non-hydrogen) atoms. The summed E-state index contributed by atoms with van der Waals surface area (Å²) in [6, 6.07) is 4.46. The van der Waals surface area contributed by atoms with Crippen LogP contribution in [0, 0.1) is 12.7 Å². The molecule has 1 fully saturated rings. The Morgan fingerprint density at radius 2 is 2.35 bits per heavy atom. The van der Waals surface area contributed by atoms with Crippen LogP contribution in [0.2, 0.25) is 0 Å². The molecular weight excluding hydrogens is 221 g/mol. The summed E-state index contributed by atoms with van der Waals surface area (Å²) < 4.78 is 18.5. The zero-order valence-corrected chi connectivity index (χ0v) is 9.83. The number of carbonyl (C=O) groups is 1. The normalized spacial score (nSPS) is 20.2. The lowest BCUT2D eigenvalue weighted by Gasteiger charge is -2.23. The summed E-state index contributed by atoms with van der Waals surface area (Å²) in [5, 5.41) is 3.21. The van der Waals surface area contributed by atoms with Crippen molar-refractivity contribution in [2.75, 3.05) is 19.8 Å². The molecule has 1 aromatic carbocycles. The molecule has 0 spiro atoms. The number of morpholine rings is 1. The topological polar surface area (TPSA) is 38.3 Å². The molecule has 1 saturated heterocycles. The fraction of sp³-hybridized carbons (Fsp3) is 0.462. The van der Waals surface area contributed by atoms with E-state index in [1.807, 2.05) is 0 Å². The van der Waals surface area contributed by atoms with E-state index in [9.17, 15) is 9.18 Å². The van der Waals surface area contributed by atoms with Gasteiger partial charge in [-0.1, -0.05) is 0 Å². The van der Waals surface area contributed by atoms with Gasteiger partial charge in [-0.25, -0.2) is 4.39 Å².